The zero-order valence-corrected chi connectivity index (χ0v) is 10.3. The normalized spacial score (nSPS) is 24.9. The van der Waals surface area contributed by atoms with E-state index in [4.69, 9.17) is 4.74 Å². The molecule has 0 atom stereocenters. The van der Waals surface area contributed by atoms with Gasteiger partial charge in [0.25, 0.3) is 0 Å². The molecule has 2 aliphatic rings. The Morgan fingerprint density at radius 2 is 1.94 bits per heavy atom. The van der Waals surface area contributed by atoms with E-state index in [1.807, 2.05) is 4.90 Å². The maximum atomic E-state index is 11.6. The molecule has 92 valence electrons. The highest BCUT2D eigenvalue weighted by Gasteiger charge is 2.30. The first-order chi connectivity index (χ1) is 7.68. The van der Waals surface area contributed by atoms with E-state index in [-0.39, 0.29) is 6.09 Å². The Bertz CT molecular complexity index is 247. The molecule has 2 saturated heterocycles. The smallest absolute Gasteiger partial charge is 0.410 e. The van der Waals surface area contributed by atoms with Crippen LogP contribution in [0.4, 0.5) is 4.79 Å². The van der Waals surface area contributed by atoms with Crippen molar-refractivity contribution in [3.8, 4) is 0 Å². The molecule has 0 aromatic rings. The first-order valence-electron chi connectivity index (χ1n) is 6.36. The Morgan fingerprint density at radius 1 is 1.25 bits per heavy atom. The fourth-order valence-corrected chi connectivity index (χ4v) is 2.61. The van der Waals surface area contributed by atoms with Crippen LogP contribution in [0.1, 0.15) is 33.1 Å². The molecule has 0 aromatic heterocycles. The van der Waals surface area contributed by atoms with E-state index in [1.54, 1.807) is 0 Å². The lowest BCUT2D eigenvalue weighted by Gasteiger charge is -2.40. The third-order valence-electron chi connectivity index (χ3n) is 3.67. The monoisotopic (exact) mass is 226 g/mol. The van der Waals surface area contributed by atoms with Gasteiger partial charge >= 0.3 is 6.09 Å². The molecule has 2 aliphatic heterocycles. The number of cyclic esters (lactones) is 1. The molecule has 0 aliphatic carbocycles. The summed E-state index contributed by atoms with van der Waals surface area (Å²) >= 11 is 0. The van der Waals surface area contributed by atoms with Gasteiger partial charge in [-0.2, -0.15) is 0 Å². The van der Waals surface area contributed by atoms with E-state index in [1.165, 1.54) is 0 Å². The van der Waals surface area contributed by atoms with E-state index >= 15 is 0 Å². The van der Waals surface area contributed by atoms with Gasteiger partial charge < -0.3 is 14.5 Å². The van der Waals surface area contributed by atoms with Crippen molar-refractivity contribution in [3.05, 3.63) is 0 Å². The molecule has 2 rings (SSSR count). The first kappa shape index (κ1) is 11.7. The lowest BCUT2D eigenvalue weighted by atomic mass is 10.0. The Kier molecular flexibility index (Phi) is 3.69. The fourth-order valence-electron chi connectivity index (χ4n) is 2.61. The third-order valence-corrected chi connectivity index (χ3v) is 3.67. The molecular formula is C12H22N2O2. The van der Waals surface area contributed by atoms with Crippen LogP contribution in [-0.4, -0.2) is 54.2 Å². The van der Waals surface area contributed by atoms with Crippen molar-refractivity contribution in [3.63, 3.8) is 0 Å². The van der Waals surface area contributed by atoms with E-state index in [2.05, 4.69) is 18.7 Å². The number of nitrogens with zero attached hydrogens (tertiary/aromatic N) is 2. The number of ether oxygens (including phenoxy) is 1. The summed E-state index contributed by atoms with van der Waals surface area (Å²) in [6, 6.07) is 1.03. The summed E-state index contributed by atoms with van der Waals surface area (Å²) in [5.41, 5.74) is 0. The average Bonchev–Trinajstić information content (AvgIpc) is 2.30. The van der Waals surface area contributed by atoms with Crippen molar-refractivity contribution in [2.75, 3.05) is 26.2 Å². The zero-order valence-electron chi connectivity index (χ0n) is 10.3. The summed E-state index contributed by atoms with van der Waals surface area (Å²) in [7, 11) is 0. The van der Waals surface area contributed by atoms with Gasteiger partial charge in [0, 0.05) is 31.7 Å². The van der Waals surface area contributed by atoms with Gasteiger partial charge in [-0.25, -0.2) is 4.79 Å². The van der Waals surface area contributed by atoms with Gasteiger partial charge in [0.05, 0.1) is 6.61 Å². The van der Waals surface area contributed by atoms with E-state index in [9.17, 15) is 4.79 Å². The van der Waals surface area contributed by atoms with E-state index in [0.717, 1.165) is 38.9 Å². The lowest BCUT2D eigenvalue weighted by Crippen LogP contribution is -2.50. The highest BCUT2D eigenvalue weighted by Crippen LogP contribution is 2.20. The molecule has 4 heteroatoms. The number of rotatable bonds is 2. The summed E-state index contributed by atoms with van der Waals surface area (Å²) in [6.45, 7) is 8.15. The summed E-state index contributed by atoms with van der Waals surface area (Å²) < 4.78 is 5.09. The molecule has 2 fully saturated rings. The Labute approximate surface area is 97.5 Å². The van der Waals surface area contributed by atoms with Crippen molar-refractivity contribution in [2.45, 2.75) is 45.2 Å². The summed E-state index contributed by atoms with van der Waals surface area (Å²) in [4.78, 5) is 16.0. The van der Waals surface area contributed by atoms with Gasteiger partial charge in [0.2, 0.25) is 0 Å². The second kappa shape index (κ2) is 5.04. The van der Waals surface area contributed by atoms with Crippen LogP contribution < -0.4 is 0 Å². The Morgan fingerprint density at radius 3 is 2.50 bits per heavy atom. The summed E-state index contributed by atoms with van der Waals surface area (Å²) in [5.74, 6) is 0. The fraction of sp³-hybridized carbons (Fsp3) is 0.917. The van der Waals surface area contributed by atoms with Crippen molar-refractivity contribution in [1.29, 1.82) is 0 Å². The van der Waals surface area contributed by atoms with Crippen molar-refractivity contribution < 1.29 is 9.53 Å². The average molecular weight is 226 g/mol. The predicted molar refractivity (Wildman–Crippen MR) is 62.4 cm³/mol. The van der Waals surface area contributed by atoms with Crippen molar-refractivity contribution in [1.82, 2.24) is 9.80 Å². The summed E-state index contributed by atoms with van der Waals surface area (Å²) in [5, 5.41) is 0. The van der Waals surface area contributed by atoms with Crippen LogP contribution in [0.25, 0.3) is 0 Å². The van der Waals surface area contributed by atoms with Crippen LogP contribution >= 0.6 is 0 Å². The largest absolute Gasteiger partial charge is 0.449 e. The van der Waals surface area contributed by atoms with Crippen LogP contribution in [0.2, 0.25) is 0 Å². The predicted octanol–water partition coefficient (Wildman–Crippen LogP) is 1.70. The molecule has 0 radical (unpaired) electrons. The number of carbonyl (C=O) groups is 1. The Balaban J connectivity index is 1.86. The molecule has 0 aromatic carbocycles. The molecule has 16 heavy (non-hydrogen) atoms. The number of piperidine rings is 1. The molecule has 0 saturated carbocycles. The summed E-state index contributed by atoms with van der Waals surface area (Å²) in [6.07, 6.45) is 3.06. The minimum atomic E-state index is -0.103. The van der Waals surface area contributed by atoms with Gasteiger partial charge in [-0.05, 0) is 33.1 Å². The van der Waals surface area contributed by atoms with Gasteiger partial charge in [0.1, 0.15) is 0 Å². The topological polar surface area (TPSA) is 32.8 Å². The SMILES string of the molecule is CC(C)N1CCC(N2CCCOC2=O)CC1. The van der Waals surface area contributed by atoms with E-state index < -0.39 is 0 Å². The van der Waals surface area contributed by atoms with Crippen LogP contribution in [0.3, 0.4) is 0 Å². The van der Waals surface area contributed by atoms with Crippen LogP contribution in [0.15, 0.2) is 0 Å². The van der Waals surface area contributed by atoms with Crippen LogP contribution in [-0.2, 0) is 4.74 Å². The van der Waals surface area contributed by atoms with Crippen LogP contribution in [0, 0.1) is 0 Å². The number of hydrogen-bond acceptors (Lipinski definition) is 3. The number of carbonyl (C=O) groups excluding carboxylic acids is 1. The number of hydrogen-bond donors (Lipinski definition) is 0. The molecule has 2 heterocycles. The lowest BCUT2D eigenvalue weighted by molar-refractivity contribution is 0.0341. The zero-order chi connectivity index (χ0) is 11.5. The highest BCUT2D eigenvalue weighted by atomic mass is 16.6. The second-order valence-corrected chi connectivity index (χ2v) is 5.02. The maximum absolute atomic E-state index is 11.6. The van der Waals surface area contributed by atoms with Gasteiger partial charge in [-0.15, -0.1) is 0 Å². The van der Waals surface area contributed by atoms with Crippen molar-refractivity contribution in [2.24, 2.45) is 0 Å². The van der Waals surface area contributed by atoms with Crippen LogP contribution in [0.5, 0.6) is 0 Å². The van der Waals surface area contributed by atoms with Gasteiger partial charge in [-0.3, -0.25) is 0 Å². The highest BCUT2D eigenvalue weighted by molar-refractivity contribution is 5.68. The minimum Gasteiger partial charge on any atom is -0.449 e. The van der Waals surface area contributed by atoms with E-state index in [0.29, 0.717) is 18.7 Å². The molecule has 0 bridgehead atoms. The Hall–Kier alpha value is -0.770. The number of likely N-dealkylation sites (tertiary alicyclic amines) is 1. The van der Waals surface area contributed by atoms with Gasteiger partial charge in [0.15, 0.2) is 0 Å². The molecule has 0 N–H and O–H groups in total. The second-order valence-electron chi connectivity index (χ2n) is 5.02. The molecule has 0 unspecified atom stereocenters. The quantitative estimate of drug-likeness (QED) is 0.718. The third kappa shape index (κ3) is 2.48. The van der Waals surface area contributed by atoms with Crippen molar-refractivity contribution >= 4 is 6.09 Å². The molecule has 0 spiro atoms. The minimum absolute atomic E-state index is 0.103. The molecule has 4 nitrogen and oxygen atoms in total. The molecular weight excluding hydrogens is 204 g/mol. The maximum Gasteiger partial charge on any atom is 0.410 e. The number of amides is 1. The standard InChI is InChI=1S/C12H22N2O2/c1-10(2)13-7-4-11(5-8-13)14-6-3-9-16-12(14)15/h10-11H,3-9H2,1-2H3. The van der Waals surface area contributed by atoms with Gasteiger partial charge in [-0.1, -0.05) is 0 Å². The molecule has 1 amide bonds. The first-order valence-corrected chi connectivity index (χ1v) is 6.36.